The van der Waals surface area contributed by atoms with E-state index in [2.05, 4.69) is 30.8 Å². The molecule has 0 aliphatic heterocycles. The van der Waals surface area contributed by atoms with E-state index >= 15 is 0 Å². The van der Waals surface area contributed by atoms with Gasteiger partial charge in [-0.25, -0.2) is 22.7 Å². The number of H-pyrrole nitrogens is 1. The predicted octanol–water partition coefficient (Wildman–Crippen LogP) is 4.53. The van der Waals surface area contributed by atoms with Crippen molar-refractivity contribution in [3.8, 4) is 0 Å². The van der Waals surface area contributed by atoms with E-state index in [-0.39, 0.29) is 10.8 Å². The Balaban J connectivity index is 2.12. The molecule has 3 aromatic rings. The molecule has 0 radical (unpaired) electrons. The van der Waals surface area contributed by atoms with Crippen molar-refractivity contribution in [3.63, 3.8) is 0 Å². The molecule has 0 bridgehead atoms. The molecule has 2 aromatic carbocycles. The molecule has 11 heteroatoms. The molecule has 0 saturated carbocycles. The molecule has 1 heterocycles. The van der Waals surface area contributed by atoms with E-state index in [0.717, 1.165) is 5.56 Å². The normalized spacial score (nSPS) is 13.8. The van der Waals surface area contributed by atoms with Gasteiger partial charge >= 0.3 is 5.76 Å². The van der Waals surface area contributed by atoms with Crippen LogP contribution in [0.15, 0.2) is 44.4 Å². The van der Waals surface area contributed by atoms with Crippen LogP contribution in [-0.2, 0) is 16.4 Å². The van der Waals surface area contributed by atoms with Gasteiger partial charge in [-0.3, -0.25) is 0 Å². The third-order valence-corrected chi connectivity index (χ3v) is 7.68. The smallest absolute Gasteiger partial charge is 0.391 e. The lowest BCUT2D eigenvalue weighted by Gasteiger charge is -2.25. The van der Waals surface area contributed by atoms with Gasteiger partial charge in [-0.05, 0) is 60.7 Å². The van der Waals surface area contributed by atoms with Gasteiger partial charge in [0.05, 0.1) is 4.90 Å². The number of nitrogens with one attached hydrogen (secondary N) is 2. The first kappa shape index (κ1) is 24.6. The number of aromatic amines is 1. The Morgan fingerprint density at radius 2 is 2.00 bits per heavy atom. The molecule has 2 N–H and O–H groups in total. The summed E-state index contributed by atoms with van der Waals surface area (Å²) in [6.45, 7) is 5.23. The summed E-state index contributed by atoms with van der Waals surface area (Å²) in [4.78, 5) is 11.6. The summed E-state index contributed by atoms with van der Waals surface area (Å²) in [5, 5.41) is 6.76. The van der Waals surface area contributed by atoms with Crippen molar-refractivity contribution in [1.29, 1.82) is 0 Å². The summed E-state index contributed by atoms with van der Waals surface area (Å²) >= 11 is 9.56. The third-order valence-electron chi connectivity index (χ3n) is 5.40. The van der Waals surface area contributed by atoms with Gasteiger partial charge in [0.15, 0.2) is 0 Å². The van der Waals surface area contributed by atoms with Crippen LogP contribution in [0.4, 0.5) is 4.39 Å². The molecule has 0 amide bonds. The highest BCUT2D eigenvalue weighted by molar-refractivity contribution is 9.09. The van der Waals surface area contributed by atoms with E-state index in [4.69, 9.17) is 16.0 Å². The van der Waals surface area contributed by atoms with Crippen molar-refractivity contribution in [1.82, 2.24) is 14.9 Å². The second kappa shape index (κ2) is 9.86. The van der Waals surface area contributed by atoms with Crippen LogP contribution in [0.2, 0.25) is 5.02 Å². The SMILES string of the molecule is Cc1ccc(F)c(C(C)[C@H](NS(=O)(=O)c2cccc(Cl)c2CCBr)c2n[nH]c(=O)o2)c1C. The zero-order chi connectivity index (χ0) is 23.6. The van der Waals surface area contributed by atoms with Crippen LogP contribution in [0.5, 0.6) is 0 Å². The highest BCUT2D eigenvalue weighted by Crippen LogP contribution is 2.36. The molecule has 1 aromatic heterocycles. The van der Waals surface area contributed by atoms with Gasteiger partial charge in [-0.2, -0.15) is 4.72 Å². The van der Waals surface area contributed by atoms with Crippen molar-refractivity contribution < 1.29 is 17.2 Å². The summed E-state index contributed by atoms with van der Waals surface area (Å²) < 4.78 is 49.3. The van der Waals surface area contributed by atoms with Crippen LogP contribution in [0.3, 0.4) is 0 Å². The van der Waals surface area contributed by atoms with E-state index < -0.39 is 33.6 Å². The lowest BCUT2D eigenvalue weighted by molar-refractivity contribution is 0.376. The third kappa shape index (κ3) is 4.98. The standard InChI is InChI=1S/C21H22BrClFN3O4S/c1-11-7-8-16(24)18(12(11)2)13(3)19(20-25-26-21(28)31-20)27-32(29,30)17-6-4-5-15(23)14(17)9-10-22/h4-8,13,19,27H,9-10H2,1-3H3,(H,26,28)/t13?,19-/m0/s1. The van der Waals surface area contributed by atoms with E-state index in [0.29, 0.717) is 33.5 Å². The highest BCUT2D eigenvalue weighted by atomic mass is 79.9. The van der Waals surface area contributed by atoms with E-state index in [9.17, 15) is 17.6 Å². The average Bonchev–Trinajstić information content (AvgIpc) is 3.16. The Morgan fingerprint density at radius 1 is 1.28 bits per heavy atom. The van der Waals surface area contributed by atoms with Crippen molar-refractivity contribution in [2.75, 3.05) is 5.33 Å². The molecule has 0 aliphatic rings. The highest BCUT2D eigenvalue weighted by Gasteiger charge is 2.34. The fourth-order valence-corrected chi connectivity index (χ4v) is 5.91. The topological polar surface area (TPSA) is 105 Å². The van der Waals surface area contributed by atoms with E-state index in [1.54, 1.807) is 26.0 Å². The monoisotopic (exact) mass is 545 g/mol. The first-order valence-electron chi connectivity index (χ1n) is 9.73. The van der Waals surface area contributed by atoms with Crippen LogP contribution < -0.4 is 10.5 Å². The summed E-state index contributed by atoms with van der Waals surface area (Å²) in [7, 11) is -4.16. The number of alkyl halides is 1. The maximum absolute atomic E-state index is 14.8. The van der Waals surface area contributed by atoms with Crippen LogP contribution in [-0.4, -0.2) is 23.9 Å². The van der Waals surface area contributed by atoms with Crippen LogP contribution in [0.25, 0.3) is 0 Å². The zero-order valence-electron chi connectivity index (χ0n) is 17.6. The Kier molecular flexibility index (Phi) is 7.59. The molecule has 1 unspecified atom stereocenters. The average molecular weight is 547 g/mol. The molecular formula is C21H22BrClFN3O4S. The second-order valence-corrected chi connectivity index (χ2v) is 10.3. The number of hydrogen-bond acceptors (Lipinski definition) is 5. The molecule has 3 rings (SSSR count). The summed E-state index contributed by atoms with van der Waals surface area (Å²) in [5.41, 5.74) is 2.25. The summed E-state index contributed by atoms with van der Waals surface area (Å²) in [5.74, 6) is -2.30. The summed E-state index contributed by atoms with van der Waals surface area (Å²) in [6, 6.07) is 6.39. The number of halogens is 3. The minimum atomic E-state index is -4.16. The number of hydrogen-bond donors (Lipinski definition) is 2. The van der Waals surface area contributed by atoms with Gasteiger partial charge in [0, 0.05) is 16.3 Å². The maximum Gasteiger partial charge on any atom is 0.434 e. The van der Waals surface area contributed by atoms with Crippen LogP contribution in [0, 0.1) is 19.7 Å². The maximum atomic E-state index is 14.8. The Morgan fingerprint density at radius 3 is 2.62 bits per heavy atom. The number of nitrogens with zero attached hydrogens (tertiary/aromatic N) is 1. The Hall–Kier alpha value is -2.01. The Labute approximate surface area is 198 Å². The van der Waals surface area contributed by atoms with Gasteiger partial charge in [-0.1, -0.05) is 46.6 Å². The molecule has 0 saturated heterocycles. The molecule has 7 nitrogen and oxygen atoms in total. The van der Waals surface area contributed by atoms with Crippen molar-refractivity contribution in [2.24, 2.45) is 0 Å². The molecule has 0 spiro atoms. The van der Waals surface area contributed by atoms with E-state index in [1.807, 2.05) is 6.92 Å². The van der Waals surface area contributed by atoms with Gasteiger partial charge in [-0.15, -0.1) is 5.10 Å². The summed E-state index contributed by atoms with van der Waals surface area (Å²) in [6.07, 6.45) is 0.374. The van der Waals surface area contributed by atoms with E-state index in [1.165, 1.54) is 18.2 Å². The second-order valence-electron chi connectivity index (χ2n) is 7.40. The molecule has 0 aliphatic carbocycles. The fraction of sp³-hybridized carbons (Fsp3) is 0.333. The largest absolute Gasteiger partial charge is 0.434 e. The van der Waals surface area contributed by atoms with Gasteiger partial charge in [0.25, 0.3) is 0 Å². The number of aryl methyl sites for hydroxylation is 1. The lowest BCUT2D eigenvalue weighted by atomic mass is 9.88. The van der Waals surface area contributed by atoms with Crippen LogP contribution in [0.1, 0.15) is 47.0 Å². The quantitative estimate of drug-likeness (QED) is 0.404. The molecule has 0 fully saturated rings. The minimum absolute atomic E-state index is 0.0130. The Bertz CT molecular complexity index is 1290. The molecule has 32 heavy (non-hydrogen) atoms. The van der Waals surface area contributed by atoms with Crippen LogP contribution >= 0.6 is 27.5 Å². The number of rotatable bonds is 8. The van der Waals surface area contributed by atoms with Gasteiger partial charge < -0.3 is 4.42 Å². The molecular weight excluding hydrogens is 525 g/mol. The number of benzene rings is 2. The van der Waals surface area contributed by atoms with Gasteiger partial charge in [0.1, 0.15) is 11.9 Å². The van der Waals surface area contributed by atoms with Gasteiger partial charge in [0.2, 0.25) is 15.9 Å². The molecule has 172 valence electrons. The number of aromatic nitrogens is 2. The zero-order valence-corrected chi connectivity index (χ0v) is 20.7. The lowest BCUT2D eigenvalue weighted by Crippen LogP contribution is -2.33. The van der Waals surface area contributed by atoms with Crippen molar-refractivity contribution in [3.05, 3.63) is 79.9 Å². The molecule has 2 atom stereocenters. The first-order chi connectivity index (χ1) is 15.1. The number of sulfonamides is 1. The predicted molar refractivity (Wildman–Crippen MR) is 123 cm³/mol. The van der Waals surface area contributed by atoms with Crippen molar-refractivity contribution in [2.45, 2.75) is 44.0 Å². The fourth-order valence-electron chi connectivity index (χ4n) is 3.63. The minimum Gasteiger partial charge on any atom is -0.391 e. The van der Waals surface area contributed by atoms with Crippen molar-refractivity contribution >= 4 is 37.6 Å². The first-order valence-corrected chi connectivity index (χ1v) is 12.7.